The first-order valence-electron chi connectivity index (χ1n) is 14.6. The molecule has 220 valence electrons. The van der Waals surface area contributed by atoms with Crippen molar-refractivity contribution in [3.05, 3.63) is 127 Å². The van der Waals surface area contributed by atoms with E-state index in [1.54, 1.807) is 0 Å². The van der Waals surface area contributed by atoms with Gasteiger partial charge in [-0.3, -0.25) is 0 Å². The van der Waals surface area contributed by atoms with E-state index in [1.165, 1.54) is 6.33 Å². The lowest BCUT2D eigenvalue weighted by molar-refractivity contribution is 0.262. The average molecular weight is 583 g/mol. The number of benzene rings is 4. The van der Waals surface area contributed by atoms with E-state index in [0.29, 0.717) is 12.3 Å². The Morgan fingerprint density at radius 2 is 1.45 bits per heavy atom. The van der Waals surface area contributed by atoms with Gasteiger partial charge in [0.05, 0.1) is 5.39 Å². The minimum Gasteiger partial charge on any atom is -0.437 e. The Balaban J connectivity index is 1.14. The van der Waals surface area contributed by atoms with Crippen molar-refractivity contribution >= 4 is 34.3 Å². The third-order valence-electron chi connectivity index (χ3n) is 7.26. The fraction of sp³-hybridized carbons (Fsp3) is 0.139. The highest BCUT2D eigenvalue weighted by atomic mass is 16.3. The molecule has 0 spiro atoms. The van der Waals surface area contributed by atoms with Gasteiger partial charge >= 0.3 is 6.03 Å². The van der Waals surface area contributed by atoms with Crippen LogP contribution < -0.4 is 16.0 Å². The Labute approximate surface area is 256 Å². The number of furan rings is 1. The second-order valence-electron chi connectivity index (χ2n) is 10.8. The molecule has 0 saturated heterocycles. The van der Waals surface area contributed by atoms with E-state index in [-0.39, 0.29) is 6.03 Å². The molecule has 0 fully saturated rings. The Hall–Kier alpha value is -5.47. The van der Waals surface area contributed by atoms with Gasteiger partial charge in [0.1, 0.15) is 17.9 Å². The van der Waals surface area contributed by atoms with E-state index in [4.69, 9.17) is 4.42 Å². The van der Waals surface area contributed by atoms with Crippen molar-refractivity contribution in [3.63, 3.8) is 0 Å². The molecule has 2 heterocycles. The third kappa shape index (κ3) is 6.61. The highest BCUT2D eigenvalue weighted by Crippen LogP contribution is 2.42. The van der Waals surface area contributed by atoms with Gasteiger partial charge in [0, 0.05) is 35.6 Å². The van der Waals surface area contributed by atoms with Gasteiger partial charge in [0.2, 0.25) is 5.71 Å². The van der Waals surface area contributed by atoms with Crippen molar-refractivity contribution in [2.75, 3.05) is 36.6 Å². The van der Waals surface area contributed by atoms with Crippen LogP contribution in [0.3, 0.4) is 0 Å². The lowest BCUT2D eigenvalue weighted by atomic mass is 9.99. The number of amides is 2. The summed E-state index contributed by atoms with van der Waals surface area (Å²) in [5, 5.41) is 10.3. The number of urea groups is 1. The number of rotatable bonds is 10. The molecular weight excluding hydrogens is 548 g/mol. The number of nitrogens with one attached hydrogen (secondary N) is 3. The van der Waals surface area contributed by atoms with Gasteiger partial charge in [-0.1, -0.05) is 91.0 Å². The van der Waals surface area contributed by atoms with E-state index < -0.39 is 0 Å². The molecule has 8 nitrogen and oxygen atoms in total. The number of nitrogens with zero attached hydrogens (tertiary/aromatic N) is 3. The first kappa shape index (κ1) is 28.6. The van der Waals surface area contributed by atoms with Crippen molar-refractivity contribution in [2.24, 2.45) is 0 Å². The Morgan fingerprint density at radius 1 is 0.773 bits per heavy atom. The molecule has 0 radical (unpaired) electrons. The Bertz CT molecular complexity index is 1850. The fourth-order valence-corrected chi connectivity index (χ4v) is 5.23. The van der Waals surface area contributed by atoms with Crippen LogP contribution in [0.2, 0.25) is 0 Å². The third-order valence-corrected chi connectivity index (χ3v) is 7.26. The molecule has 0 bridgehead atoms. The van der Waals surface area contributed by atoms with Crippen LogP contribution in [-0.4, -0.2) is 41.5 Å². The number of carbonyl (C=O) groups is 1. The van der Waals surface area contributed by atoms with E-state index in [9.17, 15) is 4.79 Å². The van der Waals surface area contributed by atoms with Crippen LogP contribution in [0.15, 0.2) is 120 Å². The smallest absolute Gasteiger partial charge is 0.323 e. The monoisotopic (exact) mass is 582 g/mol. The standard InChI is InChI=1S/C36H34N6O2/c1-42(2)23-28-15-9-10-16-30(28)41-36(43)40-29-19-17-25(18-20-29)21-22-37-34-32-31(26-11-5-3-6-12-26)33(27-13-7-4-8-14-27)44-35(32)39-24-38-34/h3-20,24H,21-23H2,1-2H3,(H,37,38,39)(H2,40,41,43). The molecule has 6 rings (SSSR count). The van der Waals surface area contributed by atoms with Gasteiger partial charge in [0.25, 0.3) is 0 Å². The summed E-state index contributed by atoms with van der Waals surface area (Å²) in [6, 6.07) is 35.7. The molecule has 2 amide bonds. The quantitative estimate of drug-likeness (QED) is 0.152. The van der Waals surface area contributed by atoms with Crippen LogP contribution in [0.4, 0.5) is 22.0 Å². The maximum absolute atomic E-state index is 12.7. The van der Waals surface area contributed by atoms with Crippen LogP contribution in [0.1, 0.15) is 11.1 Å². The second-order valence-corrected chi connectivity index (χ2v) is 10.8. The van der Waals surface area contributed by atoms with Crippen molar-refractivity contribution in [1.29, 1.82) is 0 Å². The molecule has 3 N–H and O–H groups in total. The van der Waals surface area contributed by atoms with Crippen molar-refractivity contribution in [1.82, 2.24) is 14.9 Å². The van der Waals surface area contributed by atoms with Gasteiger partial charge in [-0.25, -0.2) is 14.8 Å². The van der Waals surface area contributed by atoms with Gasteiger partial charge in [0.15, 0.2) is 0 Å². The number of aromatic nitrogens is 2. The summed E-state index contributed by atoms with van der Waals surface area (Å²) in [5.74, 6) is 1.49. The SMILES string of the molecule is CN(C)Cc1ccccc1NC(=O)Nc1ccc(CCNc2ncnc3oc(-c4ccccc4)c(-c4ccccc4)c23)cc1. The highest BCUT2D eigenvalue weighted by Gasteiger charge is 2.21. The molecular formula is C36H34N6O2. The second kappa shape index (κ2) is 13.2. The number of hydrogen-bond acceptors (Lipinski definition) is 6. The zero-order valence-electron chi connectivity index (χ0n) is 24.7. The summed E-state index contributed by atoms with van der Waals surface area (Å²) in [6.07, 6.45) is 2.29. The summed E-state index contributed by atoms with van der Waals surface area (Å²) < 4.78 is 6.32. The van der Waals surface area contributed by atoms with Crippen molar-refractivity contribution < 1.29 is 9.21 Å². The highest BCUT2D eigenvalue weighted by molar-refractivity contribution is 6.06. The molecule has 0 aliphatic rings. The van der Waals surface area contributed by atoms with Crippen LogP contribution in [-0.2, 0) is 13.0 Å². The molecule has 0 aliphatic carbocycles. The van der Waals surface area contributed by atoms with Crippen molar-refractivity contribution in [3.8, 4) is 22.5 Å². The summed E-state index contributed by atoms with van der Waals surface area (Å²) in [6.45, 7) is 1.39. The lowest BCUT2D eigenvalue weighted by Gasteiger charge is -2.15. The lowest BCUT2D eigenvalue weighted by Crippen LogP contribution is -2.21. The summed E-state index contributed by atoms with van der Waals surface area (Å²) in [7, 11) is 4.01. The van der Waals surface area contributed by atoms with E-state index in [0.717, 1.165) is 69.1 Å². The maximum Gasteiger partial charge on any atom is 0.323 e. The van der Waals surface area contributed by atoms with Crippen LogP contribution >= 0.6 is 0 Å². The molecule has 44 heavy (non-hydrogen) atoms. The van der Waals surface area contributed by atoms with Gasteiger partial charge in [-0.05, 0) is 55.4 Å². The van der Waals surface area contributed by atoms with Gasteiger partial charge in [-0.2, -0.15) is 0 Å². The predicted octanol–water partition coefficient (Wildman–Crippen LogP) is 7.92. The van der Waals surface area contributed by atoms with Crippen LogP contribution in [0.25, 0.3) is 33.6 Å². The van der Waals surface area contributed by atoms with Crippen LogP contribution in [0.5, 0.6) is 0 Å². The molecule has 8 heteroatoms. The van der Waals surface area contributed by atoms with E-state index >= 15 is 0 Å². The van der Waals surface area contributed by atoms with Gasteiger partial charge in [-0.15, -0.1) is 0 Å². The minimum absolute atomic E-state index is 0.275. The zero-order chi connectivity index (χ0) is 30.3. The predicted molar refractivity (Wildman–Crippen MR) is 178 cm³/mol. The summed E-state index contributed by atoms with van der Waals surface area (Å²) in [5.41, 5.74) is 7.23. The maximum atomic E-state index is 12.7. The Kier molecular flexibility index (Phi) is 8.61. The number of fused-ring (bicyclic) bond motifs is 1. The Morgan fingerprint density at radius 3 is 2.18 bits per heavy atom. The number of anilines is 3. The normalized spacial score (nSPS) is 11.1. The van der Waals surface area contributed by atoms with E-state index in [2.05, 4.69) is 43.0 Å². The van der Waals surface area contributed by atoms with Gasteiger partial charge < -0.3 is 25.3 Å². The molecule has 0 unspecified atom stereocenters. The van der Waals surface area contributed by atoms with Crippen LogP contribution in [0, 0.1) is 0 Å². The first-order valence-corrected chi connectivity index (χ1v) is 14.6. The first-order chi connectivity index (χ1) is 21.5. The number of carbonyl (C=O) groups excluding carboxylic acids is 1. The van der Waals surface area contributed by atoms with E-state index in [1.807, 2.05) is 111 Å². The largest absolute Gasteiger partial charge is 0.437 e. The molecule has 0 atom stereocenters. The zero-order valence-corrected chi connectivity index (χ0v) is 24.7. The van der Waals surface area contributed by atoms with Crippen molar-refractivity contribution in [2.45, 2.75) is 13.0 Å². The molecule has 6 aromatic rings. The average Bonchev–Trinajstić information content (AvgIpc) is 3.44. The number of para-hydroxylation sites is 1. The topological polar surface area (TPSA) is 95.3 Å². The minimum atomic E-state index is -0.275. The molecule has 0 saturated carbocycles. The molecule has 2 aromatic heterocycles. The fourth-order valence-electron chi connectivity index (χ4n) is 5.23. The molecule has 0 aliphatic heterocycles. The summed E-state index contributed by atoms with van der Waals surface area (Å²) in [4.78, 5) is 23.8. The number of hydrogen-bond donors (Lipinski definition) is 3. The molecule has 4 aromatic carbocycles. The summed E-state index contributed by atoms with van der Waals surface area (Å²) >= 11 is 0.